The lowest BCUT2D eigenvalue weighted by molar-refractivity contribution is -0.300. The van der Waals surface area contributed by atoms with Crippen LogP contribution in [0.15, 0.2) is 23.0 Å². The number of cyclic esters (lactones) is 1. The van der Waals surface area contributed by atoms with Crippen LogP contribution >= 0.6 is 0 Å². The molecule has 0 radical (unpaired) electrons. The summed E-state index contributed by atoms with van der Waals surface area (Å²) in [5, 5.41) is 24.3. The summed E-state index contributed by atoms with van der Waals surface area (Å²) in [6.45, 7) is 9.86. The molecule has 2 bridgehead atoms. The fourth-order valence-corrected chi connectivity index (χ4v) is 8.82. The van der Waals surface area contributed by atoms with Crippen LogP contribution in [0.3, 0.4) is 0 Å². The molecule has 3 saturated heterocycles. The van der Waals surface area contributed by atoms with Gasteiger partial charge in [0.05, 0.1) is 49.6 Å². The van der Waals surface area contributed by atoms with Gasteiger partial charge in [-0.15, -0.1) is 0 Å². The Morgan fingerprint density at radius 2 is 1.82 bits per heavy atom. The Hall–Kier alpha value is -2.76. The predicted molar refractivity (Wildman–Crippen MR) is 135 cm³/mol. The van der Waals surface area contributed by atoms with E-state index in [4.69, 9.17) is 23.4 Å². The summed E-state index contributed by atoms with van der Waals surface area (Å²) in [7, 11) is 1.25. The second-order valence-corrected chi connectivity index (χ2v) is 12.9. The molecule has 5 fully saturated rings. The van der Waals surface area contributed by atoms with Crippen LogP contribution in [-0.4, -0.2) is 71.0 Å². The first-order chi connectivity index (χ1) is 18.6. The molecule has 220 valence electrons. The van der Waals surface area contributed by atoms with Gasteiger partial charge in [-0.3, -0.25) is 19.2 Å². The van der Waals surface area contributed by atoms with Crippen LogP contribution in [0.4, 0.5) is 0 Å². The number of aliphatic hydroxyl groups is 2. The number of hydrogen-bond donors (Lipinski definition) is 2. The fraction of sp³-hybridized carbons (Fsp3) is 0.724. The zero-order valence-corrected chi connectivity index (χ0v) is 23.8. The van der Waals surface area contributed by atoms with E-state index in [1.807, 2.05) is 0 Å². The van der Waals surface area contributed by atoms with E-state index in [2.05, 4.69) is 0 Å². The van der Waals surface area contributed by atoms with Crippen LogP contribution in [0.1, 0.15) is 66.1 Å². The molecule has 0 aromatic carbocycles. The van der Waals surface area contributed by atoms with Gasteiger partial charge in [-0.05, 0) is 12.0 Å². The second kappa shape index (κ2) is 9.12. The molecule has 11 nitrogen and oxygen atoms in total. The van der Waals surface area contributed by atoms with Crippen molar-refractivity contribution in [2.75, 3.05) is 7.11 Å². The van der Waals surface area contributed by atoms with E-state index in [9.17, 15) is 29.4 Å². The van der Waals surface area contributed by atoms with Crippen molar-refractivity contribution in [2.45, 2.75) is 90.5 Å². The van der Waals surface area contributed by atoms with E-state index in [0.29, 0.717) is 5.56 Å². The fourth-order valence-electron chi connectivity index (χ4n) is 8.82. The Kier molecular flexibility index (Phi) is 6.56. The minimum atomic E-state index is -1.60. The van der Waals surface area contributed by atoms with Crippen LogP contribution < -0.4 is 0 Å². The molecule has 1 spiro atoms. The third-order valence-electron chi connectivity index (χ3n) is 10.8. The smallest absolute Gasteiger partial charge is 0.309 e. The number of aliphatic hydroxyl groups excluding tert-OH is 2. The molecular weight excluding hydrogens is 524 g/mol. The van der Waals surface area contributed by atoms with E-state index in [1.54, 1.807) is 40.7 Å². The molecule has 40 heavy (non-hydrogen) atoms. The number of methoxy groups -OCH3 is 1. The normalized spacial score (nSPS) is 45.5. The summed E-state index contributed by atoms with van der Waals surface area (Å²) in [6, 6.07) is 1.63. The average molecular weight is 563 g/mol. The number of ether oxygens (including phenoxy) is 4. The van der Waals surface area contributed by atoms with E-state index in [1.165, 1.54) is 26.6 Å². The first-order valence-corrected chi connectivity index (χ1v) is 13.6. The molecule has 2 N–H and O–H groups in total. The largest absolute Gasteiger partial charge is 0.472 e. The lowest BCUT2D eigenvalue weighted by atomic mass is 9.43. The third kappa shape index (κ3) is 3.46. The van der Waals surface area contributed by atoms with Crippen molar-refractivity contribution in [3.63, 3.8) is 0 Å². The van der Waals surface area contributed by atoms with Crippen LogP contribution in [0.5, 0.6) is 0 Å². The third-order valence-corrected chi connectivity index (χ3v) is 10.8. The number of esters is 3. The molecule has 2 saturated carbocycles. The van der Waals surface area contributed by atoms with E-state index < -0.39 is 88.0 Å². The lowest BCUT2D eigenvalue weighted by Crippen LogP contribution is -2.71. The summed E-state index contributed by atoms with van der Waals surface area (Å²) >= 11 is 0. The summed E-state index contributed by atoms with van der Waals surface area (Å²) in [4.78, 5) is 52.6. The van der Waals surface area contributed by atoms with Crippen LogP contribution in [0.25, 0.3) is 0 Å². The van der Waals surface area contributed by atoms with E-state index >= 15 is 0 Å². The maximum Gasteiger partial charge on any atom is 0.309 e. The van der Waals surface area contributed by atoms with Gasteiger partial charge in [-0.1, -0.05) is 34.6 Å². The Bertz CT molecular complexity index is 1220. The van der Waals surface area contributed by atoms with Crippen LogP contribution in [0.2, 0.25) is 0 Å². The molecule has 0 amide bonds. The quantitative estimate of drug-likeness (QED) is 0.409. The molecule has 5 aliphatic rings. The Labute approximate surface area is 232 Å². The number of Topliss-reactive ketones (excluding diaryl/α,β-unsaturated/α-hetero) is 1. The van der Waals surface area contributed by atoms with Gasteiger partial charge >= 0.3 is 17.9 Å². The molecule has 3 aliphatic heterocycles. The number of hydrogen-bond acceptors (Lipinski definition) is 11. The monoisotopic (exact) mass is 562 g/mol. The first kappa shape index (κ1) is 28.8. The van der Waals surface area contributed by atoms with Gasteiger partial charge in [-0.2, -0.15) is 0 Å². The number of carbonyl (C=O) groups is 4. The predicted octanol–water partition coefficient (Wildman–Crippen LogP) is 2.13. The number of ketones is 1. The summed E-state index contributed by atoms with van der Waals surface area (Å²) in [6.07, 6.45) is -3.92. The molecule has 6 rings (SSSR count). The van der Waals surface area contributed by atoms with Gasteiger partial charge in [0.15, 0.2) is 0 Å². The number of carbonyl (C=O) groups excluding carboxylic acids is 4. The zero-order chi connectivity index (χ0) is 29.6. The highest BCUT2D eigenvalue weighted by Crippen LogP contribution is 2.71. The van der Waals surface area contributed by atoms with Crippen LogP contribution in [0, 0.1) is 34.0 Å². The van der Waals surface area contributed by atoms with Gasteiger partial charge in [0, 0.05) is 35.7 Å². The SMILES string of the molecule is COC(=O)C[C@H]1C(C)(C)[C@H](OC(C)=O)[C@H](O)[C@@H]2O[C@]34CC(=O)O[C@@H](c5ccoc5)[C@]3(C)[C@@H](O)[C@@H](C(=O)[C@@H]4C)[C@@]21C. The van der Waals surface area contributed by atoms with Crippen molar-refractivity contribution < 1.29 is 52.8 Å². The summed E-state index contributed by atoms with van der Waals surface area (Å²) in [5.74, 6) is -4.96. The molecule has 1 aromatic heterocycles. The highest BCUT2D eigenvalue weighted by Gasteiger charge is 2.80. The molecule has 2 aliphatic carbocycles. The second-order valence-electron chi connectivity index (χ2n) is 12.9. The van der Waals surface area contributed by atoms with E-state index in [0.717, 1.165) is 0 Å². The molecule has 1 aromatic rings. The number of fused-ring (bicyclic) bond motifs is 1. The van der Waals surface area contributed by atoms with Gasteiger partial charge in [0.25, 0.3) is 0 Å². The highest BCUT2D eigenvalue weighted by atomic mass is 16.6. The van der Waals surface area contributed by atoms with Gasteiger partial charge in [0.1, 0.15) is 29.7 Å². The minimum Gasteiger partial charge on any atom is -0.472 e. The van der Waals surface area contributed by atoms with Gasteiger partial charge in [0.2, 0.25) is 0 Å². The van der Waals surface area contributed by atoms with Crippen LogP contribution in [-0.2, 0) is 38.1 Å². The Morgan fingerprint density at radius 1 is 1.15 bits per heavy atom. The van der Waals surface area contributed by atoms with Crippen molar-refractivity contribution >= 4 is 23.7 Å². The Balaban J connectivity index is 1.79. The number of furan rings is 1. The van der Waals surface area contributed by atoms with Gasteiger partial charge in [-0.25, -0.2) is 0 Å². The Morgan fingerprint density at radius 3 is 2.40 bits per heavy atom. The van der Waals surface area contributed by atoms with Crippen molar-refractivity contribution in [3.8, 4) is 0 Å². The molecular formula is C29H38O11. The van der Waals surface area contributed by atoms with Gasteiger partial charge < -0.3 is 33.6 Å². The van der Waals surface area contributed by atoms with Crippen molar-refractivity contribution in [2.24, 2.45) is 34.0 Å². The summed E-state index contributed by atoms with van der Waals surface area (Å²) < 4.78 is 28.7. The molecule has 4 heterocycles. The molecule has 11 heteroatoms. The molecule has 11 atom stereocenters. The van der Waals surface area contributed by atoms with Crippen molar-refractivity contribution in [1.82, 2.24) is 0 Å². The standard InChI is InChI=1S/C29H38O11/c1-13-20(33)19-22(35)28(6)23(15-8-9-37-12-15)39-18(32)11-29(13,28)40-25-21(34)24(38-14(2)30)26(3,4)16(27(19,25)5)10-17(31)36-7/h8-9,12-13,16,19,21-25,34-35H,10-11H2,1-7H3/t13-,16-,19+,21-,22-,23-,24+,25-,27-,28-,29-/m0/s1. The maximum absolute atomic E-state index is 14.4. The zero-order valence-electron chi connectivity index (χ0n) is 23.8. The maximum atomic E-state index is 14.4. The molecule has 0 unspecified atom stereocenters. The summed E-state index contributed by atoms with van der Waals surface area (Å²) in [5.41, 5.74) is -4.90. The minimum absolute atomic E-state index is 0.195. The van der Waals surface area contributed by atoms with Crippen molar-refractivity contribution in [3.05, 3.63) is 24.2 Å². The average Bonchev–Trinajstić information content (AvgIpc) is 3.38. The van der Waals surface area contributed by atoms with Crippen molar-refractivity contribution in [1.29, 1.82) is 0 Å². The number of rotatable bonds is 4. The van der Waals surface area contributed by atoms with E-state index in [-0.39, 0.29) is 18.6 Å². The lowest BCUT2D eigenvalue weighted by Gasteiger charge is -2.61. The topological polar surface area (TPSA) is 159 Å². The highest BCUT2D eigenvalue weighted by molar-refractivity contribution is 5.90. The first-order valence-electron chi connectivity index (χ1n) is 13.6.